The lowest BCUT2D eigenvalue weighted by Crippen LogP contribution is -2.02. The SMILES string of the molecule is Clc1cc2c([nH]1)CCCC2.Cn1nc2c(c1N)CCCC2. The molecule has 0 saturated carbocycles. The maximum absolute atomic E-state index is 5.82. The summed E-state index contributed by atoms with van der Waals surface area (Å²) in [4.78, 5) is 3.16. The third-order valence-corrected chi connectivity index (χ3v) is 4.65. The standard InChI is InChI=1S/C8H10ClN.C8H13N3/c9-8-5-6-3-1-2-4-7(6)10-8;1-11-8(9)6-4-2-3-5-7(6)10-11/h5,10H,1-4H2;2-5,9H2,1H3. The molecule has 2 aliphatic carbocycles. The number of halogens is 1. The topological polar surface area (TPSA) is 59.6 Å². The van der Waals surface area contributed by atoms with E-state index in [0.717, 1.165) is 23.8 Å². The van der Waals surface area contributed by atoms with Gasteiger partial charge in [-0.3, -0.25) is 4.68 Å². The summed E-state index contributed by atoms with van der Waals surface area (Å²) >= 11 is 5.80. The van der Waals surface area contributed by atoms with Crippen molar-refractivity contribution in [2.75, 3.05) is 5.73 Å². The zero-order valence-electron chi connectivity index (χ0n) is 12.6. The van der Waals surface area contributed by atoms with Crippen molar-refractivity contribution in [2.24, 2.45) is 7.05 Å². The molecule has 2 heterocycles. The number of hydrogen-bond acceptors (Lipinski definition) is 2. The molecule has 21 heavy (non-hydrogen) atoms. The molecule has 4 rings (SSSR count). The molecule has 0 fully saturated rings. The van der Waals surface area contributed by atoms with E-state index >= 15 is 0 Å². The van der Waals surface area contributed by atoms with Crippen molar-refractivity contribution < 1.29 is 0 Å². The van der Waals surface area contributed by atoms with E-state index in [-0.39, 0.29) is 0 Å². The van der Waals surface area contributed by atoms with Crippen LogP contribution in [0.4, 0.5) is 5.82 Å². The van der Waals surface area contributed by atoms with E-state index in [0.29, 0.717) is 0 Å². The lowest BCUT2D eigenvalue weighted by atomic mass is 9.98. The monoisotopic (exact) mass is 306 g/mol. The van der Waals surface area contributed by atoms with Crippen molar-refractivity contribution in [3.8, 4) is 0 Å². The zero-order valence-corrected chi connectivity index (χ0v) is 13.3. The molecule has 3 N–H and O–H groups in total. The normalized spacial score (nSPS) is 16.7. The summed E-state index contributed by atoms with van der Waals surface area (Å²) in [5.41, 5.74) is 11.1. The first-order valence-corrected chi connectivity index (χ1v) is 8.19. The van der Waals surface area contributed by atoms with Crippen LogP contribution in [0.5, 0.6) is 0 Å². The number of fused-ring (bicyclic) bond motifs is 2. The summed E-state index contributed by atoms with van der Waals surface area (Å²) in [5.74, 6) is 0.861. The average Bonchev–Trinajstić information content (AvgIpc) is 3.00. The Morgan fingerprint density at radius 2 is 1.86 bits per heavy atom. The Labute approximate surface area is 130 Å². The fourth-order valence-electron chi connectivity index (χ4n) is 3.27. The van der Waals surface area contributed by atoms with E-state index in [4.69, 9.17) is 17.3 Å². The molecular weight excluding hydrogens is 284 g/mol. The number of anilines is 1. The number of hydrogen-bond donors (Lipinski definition) is 2. The van der Waals surface area contributed by atoms with E-state index in [2.05, 4.69) is 16.1 Å². The Kier molecular flexibility index (Phi) is 4.24. The van der Waals surface area contributed by atoms with E-state index < -0.39 is 0 Å². The molecule has 0 aliphatic heterocycles. The Balaban J connectivity index is 0.000000126. The van der Waals surface area contributed by atoms with Crippen LogP contribution in [-0.2, 0) is 32.7 Å². The van der Waals surface area contributed by atoms with Gasteiger partial charge in [0.2, 0.25) is 0 Å². The summed E-state index contributed by atoms with van der Waals surface area (Å²) < 4.78 is 1.79. The van der Waals surface area contributed by atoms with Gasteiger partial charge in [-0.15, -0.1) is 0 Å². The highest BCUT2D eigenvalue weighted by molar-refractivity contribution is 6.29. The highest BCUT2D eigenvalue weighted by Gasteiger charge is 2.16. The molecule has 0 unspecified atom stereocenters. The minimum Gasteiger partial charge on any atom is -0.384 e. The second-order valence-corrected chi connectivity index (χ2v) is 6.38. The molecular formula is C16H23ClN4. The summed E-state index contributed by atoms with van der Waals surface area (Å²) in [7, 11) is 1.91. The first-order valence-electron chi connectivity index (χ1n) is 7.81. The Morgan fingerprint density at radius 3 is 2.62 bits per heavy atom. The van der Waals surface area contributed by atoms with Crippen LogP contribution < -0.4 is 5.73 Å². The van der Waals surface area contributed by atoms with E-state index in [1.165, 1.54) is 61.0 Å². The second kappa shape index (κ2) is 6.14. The van der Waals surface area contributed by atoms with Crippen LogP contribution in [0.2, 0.25) is 5.15 Å². The molecule has 2 aliphatic rings. The zero-order chi connectivity index (χ0) is 14.8. The first kappa shape index (κ1) is 14.5. The highest BCUT2D eigenvalue weighted by Crippen LogP contribution is 2.24. The van der Waals surface area contributed by atoms with Crippen LogP contribution in [-0.4, -0.2) is 14.8 Å². The van der Waals surface area contributed by atoms with Gasteiger partial charge in [0.15, 0.2) is 0 Å². The number of aromatic amines is 1. The van der Waals surface area contributed by atoms with Gasteiger partial charge in [0.1, 0.15) is 11.0 Å². The second-order valence-electron chi connectivity index (χ2n) is 5.97. The van der Waals surface area contributed by atoms with Crippen LogP contribution in [0.3, 0.4) is 0 Å². The summed E-state index contributed by atoms with van der Waals surface area (Å²) in [6.45, 7) is 0. The maximum Gasteiger partial charge on any atom is 0.124 e. The van der Waals surface area contributed by atoms with Crippen molar-refractivity contribution in [3.63, 3.8) is 0 Å². The quantitative estimate of drug-likeness (QED) is 0.783. The van der Waals surface area contributed by atoms with Gasteiger partial charge in [0, 0.05) is 18.3 Å². The van der Waals surface area contributed by atoms with Crippen molar-refractivity contribution >= 4 is 17.4 Å². The predicted molar refractivity (Wildman–Crippen MR) is 86.7 cm³/mol. The van der Waals surface area contributed by atoms with Gasteiger partial charge in [-0.05, 0) is 63.0 Å². The van der Waals surface area contributed by atoms with Gasteiger partial charge in [0.25, 0.3) is 0 Å². The number of aryl methyl sites for hydroxylation is 4. The van der Waals surface area contributed by atoms with E-state index in [1.54, 1.807) is 4.68 Å². The van der Waals surface area contributed by atoms with Crippen LogP contribution in [0, 0.1) is 0 Å². The number of nitrogen functional groups attached to an aromatic ring is 1. The summed E-state index contributed by atoms with van der Waals surface area (Å²) in [6, 6.07) is 2.05. The minimum atomic E-state index is 0.798. The molecule has 2 aromatic heterocycles. The number of aromatic nitrogens is 3. The largest absolute Gasteiger partial charge is 0.384 e. The fourth-order valence-corrected chi connectivity index (χ4v) is 3.52. The van der Waals surface area contributed by atoms with E-state index in [9.17, 15) is 0 Å². The van der Waals surface area contributed by atoms with Gasteiger partial charge in [0.05, 0.1) is 5.69 Å². The first-order chi connectivity index (χ1) is 10.1. The molecule has 4 nitrogen and oxygen atoms in total. The molecule has 0 amide bonds. The van der Waals surface area contributed by atoms with Gasteiger partial charge in [-0.2, -0.15) is 5.10 Å². The molecule has 0 saturated heterocycles. The van der Waals surface area contributed by atoms with Crippen LogP contribution in [0.15, 0.2) is 6.07 Å². The fraction of sp³-hybridized carbons (Fsp3) is 0.562. The van der Waals surface area contributed by atoms with E-state index in [1.807, 2.05) is 7.05 Å². The summed E-state index contributed by atoms with van der Waals surface area (Å²) in [6.07, 6.45) is 9.79. The molecule has 5 heteroatoms. The number of rotatable bonds is 0. The number of nitrogens with one attached hydrogen (secondary N) is 1. The molecule has 2 aromatic rings. The highest BCUT2D eigenvalue weighted by atomic mass is 35.5. The van der Waals surface area contributed by atoms with Gasteiger partial charge in [-0.25, -0.2) is 0 Å². The van der Waals surface area contributed by atoms with Gasteiger partial charge >= 0.3 is 0 Å². The van der Waals surface area contributed by atoms with Crippen LogP contribution in [0.1, 0.15) is 48.2 Å². The van der Waals surface area contributed by atoms with Crippen molar-refractivity contribution in [3.05, 3.63) is 33.7 Å². The molecule has 0 atom stereocenters. The van der Waals surface area contributed by atoms with Crippen molar-refractivity contribution in [2.45, 2.75) is 51.4 Å². The summed E-state index contributed by atoms with van der Waals surface area (Å²) in [5, 5.41) is 5.14. The van der Waals surface area contributed by atoms with Gasteiger partial charge < -0.3 is 10.7 Å². The molecule has 0 radical (unpaired) electrons. The Bertz CT molecular complexity index is 603. The Hall–Kier alpha value is -1.42. The smallest absolute Gasteiger partial charge is 0.124 e. The number of nitrogens with zero attached hydrogens (tertiary/aromatic N) is 2. The molecule has 0 bridgehead atoms. The Morgan fingerprint density at radius 1 is 1.14 bits per heavy atom. The lowest BCUT2D eigenvalue weighted by molar-refractivity contribution is 0.664. The lowest BCUT2D eigenvalue weighted by Gasteiger charge is -2.08. The maximum atomic E-state index is 5.82. The minimum absolute atomic E-state index is 0.798. The third kappa shape index (κ3) is 3.10. The van der Waals surface area contributed by atoms with Gasteiger partial charge in [-0.1, -0.05) is 11.6 Å². The predicted octanol–water partition coefficient (Wildman–Crippen LogP) is 3.43. The molecule has 0 aromatic carbocycles. The van der Waals surface area contributed by atoms with Crippen molar-refractivity contribution in [1.82, 2.24) is 14.8 Å². The number of nitrogens with two attached hydrogens (primary N) is 1. The number of H-pyrrole nitrogens is 1. The van der Waals surface area contributed by atoms with Crippen LogP contribution in [0.25, 0.3) is 0 Å². The third-order valence-electron chi connectivity index (χ3n) is 4.45. The molecule has 0 spiro atoms. The van der Waals surface area contributed by atoms with Crippen LogP contribution >= 0.6 is 11.6 Å². The average molecular weight is 307 g/mol. The van der Waals surface area contributed by atoms with Crippen molar-refractivity contribution in [1.29, 1.82) is 0 Å². The molecule has 114 valence electrons.